The monoisotopic (exact) mass is 206 g/mol. The largest absolute Gasteiger partial charge is 0.471 e. The molecule has 0 saturated carbocycles. The fourth-order valence-electron chi connectivity index (χ4n) is 1.17. The molecule has 80 valence electrons. The van der Waals surface area contributed by atoms with Crippen LogP contribution in [0, 0.1) is 18.3 Å². The molecule has 0 bridgehead atoms. The summed E-state index contributed by atoms with van der Waals surface area (Å²) < 4.78 is 10.4. The third kappa shape index (κ3) is 3.22. The van der Waals surface area contributed by atoms with Crippen LogP contribution >= 0.6 is 0 Å². The van der Waals surface area contributed by atoms with E-state index in [9.17, 15) is 0 Å². The molecule has 4 nitrogen and oxygen atoms in total. The lowest BCUT2D eigenvalue weighted by Gasteiger charge is -2.13. The number of hydrogen-bond acceptors (Lipinski definition) is 4. The lowest BCUT2D eigenvalue weighted by atomic mass is 10.2. The lowest BCUT2D eigenvalue weighted by molar-refractivity contribution is 0.0886. The summed E-state index contributed by atoms with van der Waals surface area (Å²) in [7, 11) is 1.61. The maximum Gasteiger partial charge on any atom is 0.232 e. The van der Waals surface area contributed by atoms with E-state index in [2.05, 4.69) is 4.98 Å². The molecule has 1 aromatic heterocycles. The molecule has 0 fully saturated rings. The van der Waals surface area contributed by atoms with Crippen molar-refractivity contribution < 1.29 is 9.47 Å². The third-order valence-corrected chi connectivity index (χ3v) is 1.83. The zero-order valence-electron chi connectivity index (χ0n) is 9.15. The summed E-state index contributed by atoms with van der Waals surface area (Å²) in [5.74, 6) is 0.377. The summed E-state index contributed by atoms with van der Waals surface area (Å²) in [4.78, 5) is 4.17. The highest BCUT2D eigenvalue weighted by Crippen LogP contribution is 2.16. The first-order chi connectivity index (χ1) is 7.17. The molecule has 0 amide bonds. The average molecular weight is 206 g/mol. The van der Waals surface area contributed by atoms with Gasteiger partial charge in [0.25, 0.3) is 0 Å². The Morgan fingerprint density at radius 1 is 1.53 bits per heavy atom. The topological polar surface area (TPSA) is 55.1 Å². The first-order valence-corrected chi connectivity index (χ1v) is 4.70. The van der Waals surface area contributed by atoms with Crippen LogP contribution in [0.1, 0.15) is 18.2 Å². The number of ether oxygens (including phenoxy) is 2. The van der Waals surface area contributed by atoms with Crippen LogP contribution in [0.2, 0.25) is 0 Å². The number of nitriles is 1. The molecule has 0 spiro atoms. The first-order valence-electron chi connectivity index (χ1n) is 4.70. The van der Waals surface area contributed by atoms with Gasteiger partial charge >= 0.3 is 0 Å². The van der Waals surface area contributed by atoms with Crippen LogP contribution in [-0.2, 0) is 4.74 Å². The number of methoxy groups -OCH3 is 1. The van der Waals surface area contributed by atoms with Crippen LogP contribution in [-0.4, -0.2) is 24.8 Å². The molecule has 1 rings (SSSR count). The Balaban J connectivity index is 2.83. The van der Waals surface area contributed by atoms with Gasteiger partial charge in [0, 0.05) is 12.8 Å². The van der Waals surface area contributed by atoms with Gasteiger partial charge in [0.1, 0.15) is 17.7 Å². The van der Waals surface area contributed by atoms with Crippen LogP contribution in [0.3, 0.4) is 0 Å². The van der Waals surface area contributed by atoms with E-state index in [-0.39, 0.29) is 6.10 Å². The minimum absolute atomic E-state index is 0.114. The second-order valence-corrected chi connectivity index (χ2v) is 3.30. The van der Waals surface area contributed by atoms with E-state index in [1.54, 1.807) is 19.2 Å². The number of rotatable bonds is 4. The number of pyridine rings is 1. The summed E-state index contributed by atoms with van der Waals surface area (Å²) in [5.41, 5.74) is 1.28. The van der Waals surface area contributed by atoms with Gasteiger partial charge in [0.2, 0.25) is 5.88 Å². The summed E-state index contributed by atoms with van der Waals surface area (Å²) in [5, 5.41) is 8.85. The molecular formula is C11H14N2O2. The standard InChI is InChI=1S/C11H14N2O2/c1-8-4-5-10(6-12)11(13-8)15-9(2)7-14-3/h4-5,9H,7H2,1-3H3. The molecule has 0 saturated heterocycles. The minimum Gasteiger partial charge on any atom is -0.471 e. The van der Waals surface area contributed by atoms with Gasteiger partial charge in [0.05, 0.1) is 6.61 Å². The number of aryl methyl sites for hydroxylation is 1. The van der Waals surface area contributed by atoms with Crippen molar-refractivity contribution in [3.63, 3.8) is 0 Å². The van der Waals surface area contributed by atoms with Gasteiger partial charge in [-0.3, -0.25) is 0 Å². The van der Waals surface area contributed by atoms with E-state index < -0.39 is 0 Å². The highest BCUT2D eigenvalue weighted by molar-refractivity contribution is 5.38. The van der Waals surface area contributed by atoms with Crippen LogP contribution in [0.25, 0.3) is 0 Å². The van der Waals surface area contributed by atoms with Crippen LogP contribution in [0.15, 0.2) is 12.1 Å². The number of nitrogens with zero attached hydrogens (tertiary/aromatic N) is 2. The number of aromatic nitrogens is 1. The van der Waals surface area contributed by atoms with Gasteiger partial charge in [-0.05, 0) is 26.0 Å². The Morgan fingerprint density at radius 2 is 2.27 bits per heavy atom. The van der Waals surface area contributed by atoms with Gasteiger partial charge in [0.15, 0.2) is 0 Å². The minimum atomic E-state index is -0.114. The van der Waals surface area contributed by atoms with E-state index in [1.807, 2.05) is 19.9 Å². The Morgan fingerprint density at radius 3 is 2.87 bits per heavy atom. The average Bonchev–Trinajstić information content (AvgIpc) is 2.18. The van der Waals surface area contributed by atoms with Crippen molar-refractivity contribution >= 4 is 0 Å². The molecule has 0 aromatic carbocycles. The zero-order valence-corrected chi connectivity index (χ0v) is 9.15. The molecule has 15 heavy (non-hydrogen) atoms. The van der Waals surface area contributed by atoms with E-state index in [4.69, 9.17) is 14.7 Å². The maximum absolute atomic E-state index is 8.85. The van der Waals surface area contributed by atoms with E-state index in [0.29, 0.717) is 18.1 Å². The van der Waals surface area contributed by atoms with Crippen molar-refractivity contribution in [2.45, 2.75) is 20.0 Å². The van der Waals surface area contributed by atoms with Gasteiger partial charge < -0.3 is 9.47 Å². The van der Waals surface area contributed by atoms with Crippen LogP contribution in [0.5, 0.6) is 5.88 Å². The Kier molecular flexibility index (Phi) is 4.07. The fourth-order valence-corrected chi connectivity index (χ4v) is 1.17. The zero-order chi connectivity index (χ0) is 11.3. The summed E-state index contributed by atoms with van der Waals surface area (Å²) in [6, 6.07) is 5.53. The van der Waals surface area contributed by atoms with Crippen molar-refractivity contribution in [2.75, 3.05) is 13.7 Å². The predicted molar refractivity (Wildman–Crippen MR) is 55.7 cm³/mol. The van der Waals surface area contributed by atoms with Crippen molar-refractivity contribution in [3.05, 3.63) is 23.4 Å². The second-order valence-electron chi connectivity index (χ2n) is 3.30. The van der Waals surface area contributed by atoms with E-state index >= 15 is 0 Å². The summed E-state index contributed by atoms with van der Waals surface area (Å²) >= 11 is 0. The van der Waals surface area contributed by atoms with Gasteiger partial charge in [-0.2, -0.15) is 5.26 Å². The second kappa shape index (κ2) is 5.32. The normalized spacial score (nSPS) is 11.9. The summed E-state index contributed by atoms with van der Waals surface area (Å²) in [6.07, 6.45) is -0.114. The van der Waals surface area contributed by atoms with Gasteiger partial charge in [-0.15, -0.1) is 0 Å². The third-order valence-electron chi connectivity index (χ3n) is 1.83. The Hall–Kier alpha value is -1.60. The highest BCUT2D eigenvalue weighted by Gasteiger charge is 2.09. The molecule has 4 heteroatoms. The van der Waals surface area contributed by atoms with Crippen molar-refractivity contribution in [2.24, 2.45) is 0 Å². The van der Waals surface area contributed by atoms with Crippen molar-refractivity contribution in [3.8, 4) is 11.9 Å². The predicted octanol–water partition coefficient (Wildman–Crippen LogP) is 1.68. The number of hydrogen-bond donors (Lipinski definition) is 0. The van der Waals surface area contributed by atoms with E-state index in [1.165, 1.54) is 0 Å². The molecule has 1 unspecified atom stereocenters. The van der Waals surface area contributed by atoms with E-state index in [0.717, 1.165) is 5.69 Å². The van der Waals surface area contributed by atoms with Crippen molar-refractivity contribution in [1.82, 2.24) is 4.98 Å². The van der Waals surface area contributed by atoms with Gasteiger partial charge in [-0.1, -0.05) is 0 Å². The quantitative estimate of drug-likeness (QED) is 0.752. The molecule has 0 aliphatic carbocycles. The molecular weight excluding hydrogens is 192 g/mol. The molecule has 0 N–H and O–H groups in total. The smallest absolute Gasteiger partial charge is 0.232 e. The van der Waals surface area contributed by atoms with Crippen LogP contribution < -0.4 is 4.74 Å². The molecule has 0 aliphatic heterocycles. The van der Waals surface area contributed by atoms with Crippen molar-refractivity contribution in [1.29, 1.82) is 5.26 Å². The SMILES string of the molecule is COCC(C)Oc1nc(C)ccc1C#N. The Labute approximate surface area is 89.5 Å². The summed E-state index contributed by atoms with van der Waals surface area (Å²) in [6.45, 7) is 4.20. The first kappa shape index (κ1) is 11.5. The molecule has 1 atom stereocenters. The molecule has 1 heterocycles. The molecule has 0 aliphatic rings. The Bertz CT molecular complexity index is 371. The molecule has 0 radical (unpaired) electrons. The highest BCUT2D eigenvalue weighted by atomic mass is 16.5. The van der Waals surface area contributed by atoms with Gasteiger partial charge in [-0.25, -0.2) is 4.98 Å². The maximum atomic E-state index is 8.85. The molecule has 1 aromatic rings. The van der Waals surface area contributed by atoms with Crippen LogP contribution in [0.4, 0.5) is 0 Å². The lowest BCUT2D eigenvalue weighted by Crippen LogP contribution is -2.19. The fraction of sp³-hybridized carbons (Fsp3) is 0.455.